The minimum absolute atomic E-state index is 0.147. The summed E-state index contributed by atoms with van der Waals surface area (Å²) in [4.78, 5) is 26.9. The standard InChI is InChI=1S/C14H26N2O3/c1-10(2)8-15(11-6-7-11)13(19)16(9-12(17)18)14(3,4)5/h10-11H,6-9H2,1-5H3,(H,17,18). The lowest BCUT2D eigenvalue weighted by Crippen LogP contribution is -2.54. The van der Waals surface area contributed by atoms with Crippen molar-refractivity contribution in [2.24, 2.45) is 5.92 Å². The van der Waals surface area contributed by atoms with Crippen LogP contribution in [0.5, 0.6) is 0 Å². The summed E-state index contributed by atoms with van der Waals surface area (Å²) in [5.74, 6) is -0.584. The molecule has 1 N–H and O–H groups in total. The van der Waals surface area contributed by atoms with Gasteiger partial charge in [-0.2, -0.15) is 0 Å². The first-order chi connectivity index (χ1) is 8.62. The lowest BCUT2D eigenvalue weighted by Gasteiger charge is -2.39. The fraction of sp³-hybridized carbons (Fsp3) is 0.857. The highest BCUT2D eigenvalue weighted by molar-refractivity contribution is 5.81. The number of nitrogens with zero attached hydrogens (tertiary/aromatic N) is 2. The van der Waals surface area contributed by atoms with Gasteiger partial charge in [0.25, 0.3) is 0 Å². The molecule has 0 heterocycles. The Hall–Kier alpha value is -1.26. The lowest BCUT2D eigenvalue weighted by atomic mass is 10.1. The molecule has 0 aliphatic heterocycles. The summed E-state index contributed by atoms with van der Waals surface area (Å²) in [6.45, 7) is 10.2. The number of carbonyl (C=O) groups is 2. The SMILES string of the molecule is CC(C)CN(C(=O)N(CC(=O)O)C(C)(C)C)C1CC1. The van der Waals surface area contributed by atoms with Crippen LogP contribution in [0.15, 0.2) is 0 Å². The van der Waals surface area contributed by atoms with Crippen molar-refractivity contribution >= 4 is 12.0 Å². The largest absolute Gasteiger partial charge is 0.480 e. The Morgan fingerprint density at radius 1 is 1.26 bits per heavy atom. The van der Waals surface area contributed by atoms with Crippen LogP contribution >= 0.6 is 0 Å². The fourth-order valence-electron chi connectivity index (χ4n) is 2.04. The van der Waals surface area contributed by atoms with E-state index in [0.29, 0.717) is 18.5 Å². The number of amides is 2. The van der Waals surface area contributed by atoms with E-state index in [1.54, 1.807) is 0 Å². The van der Waals surface area contributed by atoms with E-state index in [1.165, 1.54) is 4.90 Å². The molecule has 2 amide bonds. The molecule has 1 rings (SSSR count). The highest BCUT2D eigenvalue weighted by Crippen LogP contribution is 2.30. The molecule has 0 unspecified atom stereocenters. The van der Waals surface area contributed by atoms with Crippen LogP contribution in [0.4, 0.5) is 4.79 Å². The van der Waals surface area contributed by atoms with Crippen molar-refractivity contribution in [3.05, 3.63) is 0 Å². The Morgan fingerprint density at radius 2 is 1.79 bits per heavy atom. The highest BCUT2D eigenvalue weighted by Gasteiger charge is 2.38. The third-order valence-electron chi connectivity index (χ3n) is 3.13. The minimum Gasteiger partial charge on any atom is -0.480 e. The van der Waals surface area contributed by atoms with Gasteiger partial charge in [0.1, 0.15) is 6.54 Å². The van der Waals surface area contributed by atoms with Gasteiger partial charge in [-0.15, -0.1) is 0 Å². The van der Waals surface area contributed by atoms with Gasteiger partial charge in [0, 0.05) is 18.1 Å². The first-order valence-corrected chi connectivity index (χ1v) is 6.93. The number of carboxylic acids is 1. The Bertz CT molecular complexity index is 343. The number of rotatable bonds is 5. The average Bonchev–Trinajstić information content (AvgIpc) is 3.03. The van der Waals surface area contributed by atoms with E-state index in [2.05, 4.69) is 13.8 Å². The van der Waals surface area contributed by atoms with E-state index in [9.17, 15) is 9.59 Å². The monoisotopic (exact) mass is 270 g/mol. The number of aliphatic carboxylic acids is 1. The second-order valence-electron chi connectivity index (χ2n) is 6.71. The second kappa shape index (κ2) is 5.80. The molecule has 0 atom stereocenters. The summed E-state index contributed by atoms with van der Waals surface area (Å²) in [6.07, 6.45) is 2.06. The zero-order valence-electron chi connectivity index (χ0n) is 12.6. The molecule has 1 saturated carbocycles. The maximum absolute atomic E-state index is 12.6. The van der Waals surface area contributed by atoms with Crippen molar-refractivity contribution in [1.82, 2.24) is 9.80 Å². The van der Waals surface area contributed by atoms with Crippen LogP contribution in [0.3, 0.4) is 0 Å². The summed E-state index contributed by atoms with van der Waals surface area (Å²) in [7, 11) is 0. The zero-order chi connectivity index (χ0) is 14.8. The third kappa shape index (κ3) is 4.73. The van der Waals surface area contributed by atoms with Gasteiger partial charge in [-0.1, -0.05) is 13.8 Å². The van der Waals surface area contributed by atoms with Crippen molar-refractivity contribution in [2.75, 3.05) is 13.1 Å². The van der Waals surface area contributed by atoms with Crippen LogP contribution in [-0.4, -0.2) is 51.6 Å². The molecule has 0 saturated heterocycles. The molecule has 1 aliphatic rings. The first kappa shape index (κ1) is 15.8. The summed E-state index contributed by atoms with van der Waals surface area (Å²) < 4.78 is 0. The molecule has 110 valence electrons. The highest BCUT2D eigenvalue weighted by atomic mass is 16.4. The molecule has 5 heteroatoms. The van der Waals surface area contributed by atoms with Crippen LogP contribution in [-0.2, 0) is 4.79 Å². The normalized spacial score (nSPS) is 15.5. The summed E-state index contributed by atoms with van der Waals surface area (Å²) in [6, 6.07) is 0.152. The van der Waals surface area contributed by atoms with E-state index in [1.807, 2.05) is 25.7 Å². The van der Waals surface area contributed by atoms with Gasteiger partial charge in [-0.05, 0) is 39.5 Å². The maximum Gasteiger partial charge on any atom is 0.323 e. The molecule has 0 aromatic rings. The van der Waals surface area contributed by atoms with Gasteiger partial charge in [0.2, 0.25) is 0 Å². The van der Waals surface area contributed by atoms with Crippen molar-refractivity contribution < 1.29 is 14.7 Å². The van der Waals surface area contributed by atoms with Crippen LogP contribution in [0.2, 0.25) is 0 Å². The van der Waals surface area contributed by atoms with Gasteiger partial charge >= 0.3 is 12.0 Å². The molecule has 0 aromatic heterocycles. The molecule has 0 bridgehead atoms. The van der Waals surface area contributed by atoms with Crippen molar-refractivity contribution in [2.45, 2.75) is 59.0 Å². The molecule has 1 fully saturated rings. The molecule has 0 radical (unpaired) electrons. The van der Waals surface area contributed by atoms with Crippen LogP contribution < -0.4 is 0 Å². The third-order valence-corrected chi connectivity index (χ3v) is 3.13. The molecule has 5 nitrogen and oxygen atoms in total. The Labute approximate surface area is 115 Å². The molecule has 0 aromatic carbocycles. The van der Waals surface area contributed by atoms with E-state index >= 15 is 0 Å². The van der Waals surface area contributed by atoms with Gasteiger partial charge in [0.05, 0.1) is 0 Å². The zero-order valence-corrected chi connectivity index (χ0v) is 12.6. The number of urea groups is 1. The van der Waals surface area contributed by atoms with E-state index in [4.69, 9.17) is 5.11 Å². The van der Waals surface area contributed by atoms with Gasteiger partial charge in [0.15, 0.2) is 0 Å². The predicted octanol–water partition coefficient (Wildman–Crippen LogP) is 2.41. The Morgan fingerprint density at radius 3 is 2.11 bits per heavy atom. The van der Waals surface area contributed by atoms with E-state index in [-0.39, 0.29) is 12.6 Å². The molecular formula is C14H26N2O3. The van der Waals surface area contributed by atoms with Crippen molar-refractivity contribution in [3.8, 4) is 0 Å². The van der Waals surface area contributed by atoms with Crippen molar-refractivity contribution in [3.63, 3.8) is 0 Å². The topological polar surface area (TPSA) is 60.9 Å². The van der Waals surface area contributed by atoms with E-state index < -0.39 is 11.5 Å². The molecule has 19 heavy (non-hydrogen) atoms. The van der Waals surface area contributed by atoms with Crippen LogP contribution in [0.1, 0.15) is 47.5 Å². The van der Waals surface area contributed by atoms with Gasteiger partial charge < -0.3 is 14.9 Å². The lowest BCUT2D eigenvalue weighted by molar-refractivity contribution is -0.138. The number of hydrogen-bond acceptors (Lipinski definition) is 2. The fourth-order valence-corrected chi connectivity index (χ4v) is 2.04. The minimum atomic E-state index is -0.969. The Kier molecular flexibility index (Phi) is 4.82. The number of carboxylic acid groups (broad SMARTS) is 1. The van der Waals surface area contributed by atoms with E-state index in [0.717, 1.165) is 12.8 Å². The van der Waals surface area contributed by atoms with Gasteiger partial charge in [-0.25, -0.2) is 4.79 Å². The second-order valence-corrected chi connectivity index (χ2v) is 6.71. The summed E-state index contributed by atoms with van der Waals surface area (Å²) in [5.41, 5.74) is -0.487. The number of carbonyl (C=O) groups excluding carboxylic acids is 1. The van der Waals surface area contributed by atoms with Crippen molar-refractivity contribution in [1.29, 1.82) is 0 Å². The average molecular weight is 270 g/mol. The quantitative estimate of drug-likeness (QED) is 0.834. The maximum atomic E-state index is 12.6. The summed E-state index contributed by atoms with van der Waals surface area (Å²) >= 11 is 0. The first-order valence-electron chi connectivity index (χ1n) is 6.93. The molecular weight excluding hydrogens is 244 g/mol. The smallest absolute Gasteiger partial charge is 0.323 e. The predicted molar refractivity (Wildman–Crippen MR) is 74.1 cm³/mol. The summed E-state index contributed by atoms with van der Waals surface area (Å²) in [5, 5.41) is 9.00. The molecule has 0 spiro atoms. The Balaban J connectivity index is 2.86. The number of hydrogen-bond donors (Lipinski definition) is 1. The van der Waals surface area contributed by atoms with Crippen LogP contribution in [0, 0.1) is 5.92 Å². The van der Waals surface area contributed by atoms with Crippen LogP contribution in [0.25, 0.3) is 0 Å². The molecule has 1 aliphatic carbocycles. The van der Waals surface area contributed by atoms with Gasteiger partial charge in [-0.3, -0.25) is 4.79 Å².